The van der Waals surface area contributed by atoms with E-state index in [-0.39, 0.29) is 12.0 Å². The number of nitrogens with zero attached hydrogens (tertiary/aromatic N) is 1. The van der Waals surface area contributed by atoms with Gasteiger partial charge in [-0.2, -0.15) is 0 Å². The van der Waals surface area contributed by atoms with Gasteiger partial charge in [0.1, 0.15) is 0 Å². The van der Waals surface area contributed by atoms with E-state index >= 15 is 0 Å². The van der Waals surface area contributed by atoms with Crippen LogP contribution >= 0.6 is 0 Å². The first-order valence-corrected chi connectivity index (χ1v) is 5.29. The minimum atomic E-state index is 0.0539. The third-order valence-electron chi connectivity index (χ3n) is 2.97. The summed E-state index contributed by atoms with van der Waals surface area (Å²) in [5, 5.41) is 9.18. The molecule has 1 fully saturated rings. The van der Waals surface area contributed by atoms with E-state index in [1.54, 1.807) is 0 Å². The Morgan fingerprint density at radius 3 is 2.38 bits per heavy atom. The molecule has 0 bridgehead atoms. The van der Waals surface area contributed by atoms with Crippen molar-refractivity contribution in [2.24, 2.45) is 11.3 Å². The first-order chi connectivity index (χ1) is 5.94. The molecule has 78 valence electrons. The fourth-order valence-electron chi connectivity index (χ4n) is 2.21. The molecule has 2 unspecified atom stereocenters. The highest BCUT2D eigenvalue weighted by Crippen LogP contribution is 2.26. The summed E-state index contributed by atoms with van der Waals surface area (Å²) in [6.07, 6.45) is 1.31. The molecule has 1 heterocycles. The van der Waals surface area contributed by atoms with Crippen LogP contribution in [0.1, 0.15) is 34.1 Å². The smallest absolute Gasteiger partial charge is 0.0494 e. The maximum absolute atomic E-state index is 9.18. The molecule has 2 nitrogen and oxygen atoms in total. The van der Waals surface area contributed by atoms with E-state index < -0.39 is 0 Å². The van der Waals surface area contributed by atoms with Gasteiger partial charge in [-0.3, -0.25) is 4.90 Å². The summed E-state index contributed by atoms with van der Waals surface area (Å²) in [4.78, 5) is 2.50. The van der Waals surface area contributed by atoms with E-state index in [2.05, 4.69) is 32.6 Å². The second-order valence-electron chi connectivity index (χ2n) is 5.44. The Morgan fingerprint density at radius 2 is 2.00 bits per heavy atom. The summed E-state index contributed by atoms with van der Waals surface area (Å²) in [5.74, 6) is 0.824. The number of hydrogen-bond acceptors (Lipinski definition) is 2. The topological polar surface area (TPSA) is 23.5 Å². The Hall–Kier alpha value is -0.0800. The van der Waals surface area contributed by atoms with Gasteiger partial charge in [0.05, 0.1) is 0 Å². The lowest BCUT2D eigenvalue weighted by atomic mass is 9.94. The van der Waals surface area contributed by atoms with E-state index in [0.717, 1.165) is 12.5 Å². The Balaban J connectivity index is 2.45. The zero-order valence-electron chi connectivity index (χ0n) is 9.38. The van der Waals surface area contributed by atoms with E-state index in [1.807, 2.05) is 0 Å². The minimum absolute atomic E-state index is 0.0539. The molecule has 1 N–H and O–H groups in total. The summed E-state index contributed by atoms with van der Waals surface area (Å²) in [7, 11) is 0. The van der Waals surface area contributed by atoms with E-state index in [4.69, 9.17) is 0 Å². The molecule has 1 rings (SSSR count). The second kappa shape index (κ2) is 3.97. The highest BCUT2D eigenvalue weighted by Gasteiger charge is 2.30. The van der Waals surface area contributed by atoms with Crippen LogP contribution in [0.5, 0.6) is 0 Å². The van der Waals surface area contributed by atoms with Crippen molar-refractivity contribution in [1.82, 2.24) is 4.90 Å². The van der Waals surface area contributed by atoms with Crippen molar-refractivity contribution in [3.05, 3.63) is 0 Å². The first-order valence-electron chi connectivity index (χ1n) is 5.29. The van der Waals surface area contributed by atoms with Crippen LogP contribution in [0.25, 0.3) is 0 Å². The Bertz CT molecular complexity index is 167. The van der Waals surface area contributed by atoms with Crippen LogP contribution in [0, 0.1) is 11.3 Å². The van der Waals surface area contributed by atoms with Gasteiger partial charge in [-0.15, -0.1) is 0 Å². The maximum atomic E-state index is 9.18. The largest absolute Gasteiger partial charge is 0.396 e. The van der Waals surface area contributed by atoms with Crippen molar-refractivity contribution in [2.75, 3.05) is 19.7 Å². The highest BCUT2D eigenvalue weighted by atomic mass is 16.3. The Morgan fingerprint density at radius 1 is 1.38 bits per heavy atom. The van der Waals surface area contributed by atoms with Crippen molar-refractivity contribution in [1.29, 1.82) is 0 Å². The van der Waals surface area contributed by atoms with Crippen molar-refractivity contribution < 1.29 is 5.11 Å². The fraction of sp³-hybridized carbons (Fsp3) is 1.00. The normalized spacial score (nSPS) is 31.2. The van der Waals surface area contributed by atoms with Gasteiger partial charge < -0.3 is 5.11 Å². The first kappa shape index (κ1) is 11.0. The molecule has 0 aromatic rings. The minimum Gasteiger partial charge on any atom is -0.396 e. The molecular formula is C11H23NO. The van der Waals surface area contributed by atoms with Gasteiger partial charge in [0.2, 0.25) is 0 Å². The molecule has 0 aromatic heterocycles. The quantitative estimate of drug-likeness (QED) is 0.724. The summed E-state index contributed by atoms with van der Waals surface area (Å²) in [6, 6.07) is 0.695. The molecule has 0 saturated carbocycles. The van der Waals surface area contributed by atoms with Crippen molar-refractivity contribution in [2.45, 2.75) is 40.2 Å². The lowest BCUT2D eigenvalue weighted by molar-refractivity contribution is 0.0988. The second-order valence-corrected chi connectivity index (χ2v) is 5.44. The van der Waals surface area contributed by atoms with Crippen LogP contribution < -0.4 is 0 Å². The molecule has 0 aliphatic carbocycles. The number of rotatable bonds is 3. The average Bonchev–Trinajstić information content (AvgIpc) is 2.30. The van der Waals surface area contributed by atoms with Crippen molar-refractivity contribution >= 4 is 0 Å². The zero-order chi connectivity index (χ0) is 10.1. The van der Waals surface area contributed by atoms with Crippen LogP contribution in [-0.4, -0.2) is 35.7 Å². The van der Waals surface area contributed by atoms with Crippen molar-refractivity contribution in [3.63, 3.8) is 0 Å². The van der Waals surface area contributed by atoms with Gasteiger partial charge in [-0.05, 0) is 19.3 Å². The number of aliphatic hydroxyl groups is 1. The average molecular weight is 185 g/mol. The number of hydrogen-bond donors (Lipinski definition) is 1. The predicted octanol–water partition coefficient (Wildman–Crippen LogP) is 1.74. The molecular weight excluding hydrogens is 162 g/mol. The van der Waals surface area contributed by atoms with E-state index in [9.17, 15) is 5.11 Å². The summed E-state index contributed by atoms with van der Waals surface area (Å²) < 4.78 is 0. The molecule has 1 aliphatic heterocycles. The van der Waals surface area contributed by atoms with E-state index in [0.29, 0.717) is 6.04 Å². The third kappa shape index (κ3) is 2.96. The van der Waals surface area contributed by atoms with Gasteiger partial charge in [0.15, 0.2) is 0 Å². The van der Waals surface area contributed by atoms with Gasteiger partial charge in [-0.1, -0.05) is 20.8 Å². The van der Waals surface area contributed by atoms with Crippen LogP contribution in [0.4, 0.5) is 0 Å². The lowest BCUT2D eigenvalue weighted by Gasteiger charge is -2.31. The zero-order valence-corrected chi connectivity index (χ0v) is 9.38. The molecule has 0 spiro atoms. The van der Waals surface area contributed by atoms with Crippen LogP contribution in [0.15, 0.2) is 0 Å². The third-order valence-corrected chi connectivity index (χ3v) is 2.97. The highest BCUT2D eigenvalue weighted by molar-refractivity contribution is 4.84. The summed E-state index contributed by atoms with van der Waals surface area (Å²) in [5.41, 5.74) is 0.0539. The van der Waals surface area contributed by atoms with E-state index in [1.165, 1.54) is 13.0 Å². The van der Waals surface area contributed by atoms with Crippen molar-refractivity contribution in [3.8, 4) is 0 Å². The molecule has 0 radical (unpaired) electrons. The van der Waals surface area contributed by atoms with Gasteiger partial charge in [0.25, 0.3) is 0 Å². The monoisotopic (exact) mass is 185 g/mol. The standard InChI is InChI=1S/C11H23NO/c1-9-5-10(2)12(6-9)7-11(3,4)8-13/h9-10,13H,5-8H2,1-4H3. The molecule has 1 saturated heterocycles. The summed E-state index contributed by atoms with van der Waals surface area (Å²) in [6.45, 7) is 11.4. The molecule has 2 heteroatoms. The van der Waals surface area contributed by atoms with Gasteiger partial charge >= 0.3 is 0 Å². The SMILES string of the molecule is CC1CC(C)N(CC(C)(C)CO)C1. The summed E-state index contributed by atoms with van der Waals surface area (Å²) >= 11 is 0. The van der Waals surface area contributed by atoms with Crippen LogP contribution in [0.2, 0.25) is 0 Å². The predicted molar refractivity (Wildman–Crippen MR) is 55.7 cm³/mol. The van der Waals surface area contributed by atoms with Crippen LogP contribution in [-0.2, 0) is 0 Å². The fourth-order valence-corrected chi connectivity index (χ4v) is 2.21. The Labute approximate surface area is 81.9 Å². The molecule has 13 heavy (non-hydrogen) atoms. The lowest BCUT2D eigenvalue weighted by Crippen LogP contribution is -2.38. The molecule has 0 amide bonds. The molecule has 0 aromatic carbocycles. The maximum Gasteiger partial charge on any atom is 0.0494 e. The Kier molecular flexibility index (Phi) is 3.36. The number of aliphatic hydroxyl groups excluding tert-OH is 1. The van der Waals surface area contributed by atoms with Crippen LogP contribution in [0.3, 0.4) is 0 Å². The van der Waals surface area contributed by atoms with Gasteiger partial charge in [0, 0.05) is 31.2 Å². The molecule has 1 aliphatic rings. The number of likely N-dealkylation sites (tertiary alicyclic amines) is 1. The van der Waals surface area contributed by atoms with Gasteiger partial charge in [-0.25, -0.2) is 0 Å². The molecule has 2 atom stereocenters.